The number of ether oxygens (including phenoxy) is 2. The normalized spacial score (nSPS) is 20.9. The van der Waals surface area contributed by atoms with Gasteiger partial charge in [-0.05, 0) is 12.8 Å². The van der Waals surface area contributed by atoms with Crippen molar-refractivity contribution in [1.82, 2.24) is 5.32 Å². The highest BCUT2D eigenvalue weighted by Crippen LogP contribution is 2.26. The minimum absolute atomic E-state index is 0.266. The van der Waals surface area contributed by atoms with Gasteiger partial charge in [-0.2, -0.15) is 8.42 Å². The van der Waals surface area contributed by atoms with Crippen LogP contribution < -0.4 is 5.32 Å². The number of aliphatic hydroxyl groups excluding tert-OH is 5. The number of aliphatic hydroxyl groups is 5. The maximum Gasteiger partial charge on any atom is 0.397 e. The minimum atomic E-state index is -5.11. The molecule has 0 aromatic heterocycles. The molecule has 370 valence electrons. The van der Waals surface area contributed by atoms with Crippen LogP contribution in [0.4, 0.5) is 0 Å². The monoisotopic (exact) mass is 910 g/mol. The van der Waals surface area contributed by atoms with Crippen molar-refractivity contribution in [3.05, 3.63) is 0 Å². The minimum Gasteiger partial charge on any atom is -0.394 e. The van der Waals surface area contributed by atoms with Gasteiger partial charge in [-0.25, -0.2) is 4.18 Å². The van der Waals surface area contributed by atoms with E-state index in [-0.39, 0.29) is 6.42 Å². The number of rotatable bonds is 44. The molecule has 62 heavy (non-hydrogen) atoms. The third-order valence-corrected chi connectivity index (χ3v) is 13.0. The third-order valence-electron chi connectivity index (χ3n) is 12.5. The van der Waals surface area contributed by atoms with Crippen LogP contribution in [0.2, 0.25) is 0 Å². The van der Waals surface area contributed by atoms with Gasteiger partial charge >= 0.3 is 10.4 Å². The zero-order valence-electron chi connectivity index (χ0n) is 39.3. The third kappa shape index (κ3) is 31.1. The number of carbonyl (C=O) groups is 1. The van der Waals surface area contributed by atoms with Crippen LogP contribution >= 0.6 is 0 Å². The molecule has 0 bridgehead atoms. The highest BCUT2D eigenvalue weighted by atomic mass is 32.3. The van der Waals surface area contributed by atoms with Crippen molar-refractivity contribution in [2.75, 3.05) is 13.2 Å². The van der Waals surface area contributed by atoms with E-state index in [1.807, 2.05) is 0 Å². The molecular formula is C48H95NO12S. The van der Waals surface area contributed by atoms with Crippen LogP contribution in [-0.4, -0.2) is 107 Å². The van der Waals surface area contributed by atoms with Crippen LogP contribution in [0.5, 0.6) is 0 Å². The van der Waals surface area contributed by atoms with Gasteiger partial charge < -0.3 is 40.3 Å². The lowest BCUT2D eigenvalue weighted by Gasteiger charge is -2.41. The number of hydrogen-bond acceptors (Lipinski definition) is 11. The maximum atomic E-state index is 13.2. The molecule has 1 rings (SSSR count). The Balaban J connectivity index is 2.49. The Bertz CT molecular complexity index is 1130. The average Bonchev–Trinajstić information content (AvgIpc) is 3.24. The van der Waals surface area contributed by atoms with Gasteiger partial charge in [0.15, 0.2) is 6.29 Å². The molecule has 0 spiro atoms. The van der Waals surface area contributed by atoms with Crippen molar-refractivity contribution in [2.45, 2.75) is 288 Å². The molecule has 7 N–H and O–H groups in total. The molecule has 8 unspecified atom stereocenters. The van der Waals surface area contributed by atoms with E-state index in [1.165, 1.54) is 161 Å². The number of nitrogens with one attached hydrogen (secondary N) is 1. The van der Waals surface area contributed by atoms with E-state index in [2.05, 4.69) is 23.3 Å². The molecule has 13 nitrogen and oxygen atoms in total. The number of unbranched alkanes of at least 4 members (excludes halogenated alkanes) is 31. The summed E-state index contributed by atoms with van der Waals surface area (Å²) in [5.74, 6) is -0.664. The van der Waals surface area contributed by atoms with Crippen LogP contribution in [0.1, 0.15) is 239 Å². The Labute approximate surface area is 378 Å². The molecular weight excluding hydrogens is 815 g/mol. The van der Waals surface area contributed by atoms with Crippen LogP contribution in [0, 0.1) is 0 Å². The number of carbonyl (C=O) groups excluding carboxylic acids is 1. The van der Waals surface area contributed by atoms with E-state index in [1.54, 1.807) is 0 Å². The van der Waals surface area contributed by atoms with Gasteiger partial charge in [0, 0.05) is 0 Å². The summed E-state index contributed by atoms with van der Waals surface area (Å²) in [4.78, 5) is 13.2. The molecule has 1 aliphatic heterocycles. The summed E-state index contributed by atoms with van der Waals surface area (Å²) in [6.45, 7) is 3.31. The lowest BCUT2D eigenvalue weighted by molar-refractivity contribution is -0.298. The van der Waals surface area contributed by atoms with Crippen molar-refractivity contribution in [3.8, 4) is 0 Å². The van der Waals surface area contributed by atoms with Crippen LogP contribution in [0.3, 0.4) is 0 Å². The van der Waals surface area contributed by atoms with Gasteiger partial charge in [0.1, 0.15) is 30.5 Å². The van der Waals surface area contributed by atoms with Crippen LogP contribution in [0.25, 0.3) is 0 Å². The van der Waals surface area contributed by atoms with E-state index < -0.39 is 78.5 Å². The van der Waals surface area contributed by atoms with Crippen molar-refractivity contribution in [1.29, 1.82) is 0 Å². The van der Waals surface area contributed by atoms with Gasteiger partial charge in [-0.3, -0.25) is 9.35 Å². The van der Waals surface area contributed by atoms with Gasteiger partial charge in [-0.1, -0.05) is 226 Å². The molecule has 0 aromatic rings. The second-order valence-corrected chi connectivity index (χ2v) is 19.3. The van der Waals surface area contributed by atoms with Crippen LogP contribution in [-0.2, 0) is 28.9 Å². The van der Waals surface area contributed by atoms with Crippen molar-refractivity contribution >= 4 is 16.3 Å². The lowest BCUT2D eigenvalue weighted by atomic mass is 9.99. The zero-order chi connectivity index (χ0) is 45.7. The maximum absolute atomic E-state index is 13.2. The first-order chi connectivity index (χ1) is 29.9. The topological polar surface area (TPSA) is 212 Å². The molecule has 14 heteroatoms. The predicted molar refractivity (Wildman–Crippen MR) is 247 cm³/mol. The molecule has 8 atom stereocenters. The number of hydrogen-bond donors (Lipinski definition) is 7. The first kappa shape index (κ1) is 59.1. The Hall–Kier alpha value is -0.940. The molecule has 1 heterocycles. The Morgan fingerprint density at radius 3 is 1.29 bits per heavy atom. The first-order valence-corrected chi connectivity index (χ1v) is 26.9. The summed E-state index contributed by atoms with van der Waals surface area (Å²) in [6, 6.07) is -1.03. The summed E-state index contributed by atoms with van der Waals surface area (Å²) < 4.78 is 47.7. The second-order valence-electron chi connectivity index (χ2n) is 18.3. The molecule has 0 radical (unpaired) electrons. The highest BCUT2D eigenvalue weighted by molar-refractivity contribution is 7.80. The quantitative estimate of drug-likeness (QED) is 0.0225. The fraction of sp³-hybridized carbons (Fsp3) is 0.979. The largest absolute Gasteiger partial charge is 0.397 e. The SMILES string of the molecule is CCCCCCCCCCCCCCCCCCCC(O)C(=O)NC(COC1OC(CO)C(O)C(OS(=O)(=O)O)C1O)C(O)CCCCCCCCCCCCCCCCCC. The van der Waals surface area contributed by atoms with E-state index in [9.17, 15) is 43.3 Å². The van der Waals surface area contributed by atoms with Gasteiger partial charge in [0.25, 0.3) is 0 Å². The molecule has 0 aromatic carbocycles. The smallest absolute Gasteiger partial charge is 0.394 e. The van der Waals surface area contributed by atoms with Gasteiger partial charge in [0.2, 0.25) is 5.91 Å². The standard InChI is InChI=1S/C48H95NO12S/c1-3-5-7-9-11-13-15-17-19-21-23-25-27-29-31-33-35-37-42(52)47(55)49-40(39-59-48-45(54)46(61-62(56,57)58)44(53)43(38-50)60-48)41(51)36-34-32-30-28-26-24-22-20-18-16-14-12-10-8-6-4-2/h40-46,48,50-54H,3-39H2,1-2H3,(H,49,55)(H,56,57,58). The molecule has 1 amide bonds. The van der Waals surface area contributed by atoms with E-state index in [4.69, 9.17) is 9.47 Å². The predicted octanol–water partition coefficient (Wildman–Crippen LogP) is 9.53. The summed E-state index contributed by atoms with van der Waals surface area (Å²) in [5.41, 5.74) is 0. The average molecular weight is 910 g/mol. The van der Waals surface area contributed by atoms with Gasteiger partial charge in [-0.15, -0.1) is 0 Å². The Morgan fingerprint density at radius 2 is 0.935 bits per heavy atom. The second kappa shape index (κ2) is 39.2. The van der Waals surface area contributed by atoms with Crippen molar-refractivity contribution < 1.29 is 57.0 Å². The summed E-state index contributed by atoms with van der Waals surface area (Å²) in [7, 11) is -5.11. The zero-order valence-corrected chi connectivity index (χ0v) is 40.1. The summed E-state index contributed by atoms with van der Waals surface area (Å²) in [6.07, 6.45) is 29.9. The molecule has 0 saturated carbocycles. The Kier molecular flexibility index (Phi) is 37.4. The van der Waals surface area contributed by atoms with Crippen molar-refractivity contribution in [3.63, 3.8) is 0 Å². The Morgan fingerprint density at radius 1 is 0.581 bits per heavy atom. The highest BCUT2D eigenvalue weighted by Gasteiger charge is 2.48. The van der Waals surface area contributed by atoms with Crippen LogP contribution in [0.15, 0.2) is 0 Å². The van der Waals surface area contributed by atoms with E-state index in [0.29, 0.717) is 19.3 Å². The van der Waals surface area contributed by atoms with Gasteiger partial charge in [0.05, 0.1) is 25.4 Å². The fourth-order valence-corrected chi connectivity index (χ4v) is 8.98. The molecule has 1 fully saturated rings. The lowest BCUT2D eigenvalue weighted by Crippen LogP contribution is -2.61. The molecule has 1 saturated heterocycles. The number of amides is 1. The molecule has 1 aliphatic rings. The van der Waals surface area contributed by atoms with Crippen molar-refractivity contribution in [2.24, 2.45) is 0 Å². The van der Waals surface area contributed by atoms with E-state index >= 15 is 0 Å². The molecule has 0 aliphatic carbocycles. The first-order valence-electron chi connectivity index (χ1n) is 25.5. The summed E-state index contributed by atoms with van der Waals surface area (Å²) in [5, 5.41) is 55.5. The summed E-state index contributed by atoms with van der Waals surface area (Å²) >= 11 is 0. The van der Waals surface area contributed by atoms with E-state index in [0.717, 1.165) is 38.5 Å². The fourth-order valence-electron chi connectivity index (χ4n) is 8.47.